The van der Waals surface area contributed by atoms with Crippen LogP contribution in [0.1, 0.15) is 59.3 Å². The van der Waals surface area contributed by atoms with Gasteiger partial charge < -0.3 is 10.1 Å². The molecule has 0 amide bonds. The lowest BCUT2D eigenvalue weighted by Crippen LogP contribution is -2.54. The van der Waals surface area contributed by atoms with Crippen molar-refractivity contribution < 1.29 is 4.74 Å². The first-order chi connectivity index (χ1) is 9.17. The van der Waals surface area contributed by atoms with Gasteiger partial charge in [0, 0.05) is 25.2 Å². The zero-order chi connectivity index (χ0) is 14.0. The van der Waals surface area contributed by atoms with Crippen molar-refractivity contribution in [1.29, 1.82) is 0 Å². The van der Waals surface area contributed by atoms with Crippen LogP contribution in [0.15, 0.2) is 0 Å². The third kappa shape index (κ3) is 7.28. The van der Waals surface area contributed by atoms with Gasteiger partial charge >= 0.3 is 0 Å². The maximum atomic E-state index is 5.42. The molecule has 19 heavy (non-hydrogen) atoms. The average molecular weight is 270 g/mol. The summed E-state index contributed by atoms with van der Waals surface area (Å²) in [5, 5.41) is 3.63. The van der Waals surface area contributed by atoms with Gasteiger partial charge in [-0.25, -0.2) is 0 Å². The van der Waals surface area contributed by atoms with E-state index in [4.69, 9.17) is 4.74 Å². The lowest BCUT2D eigenvalue weighted by molar-refractivity contribution is -0.00953. The fourth-order valence-corrected chi connectivity index (χ4v) is 2.71. The van der Waals surface area contributed by atoms with Crippen LogP contribution in [0.2, 0.25) is 0 Å². The first-order valence-corrected chi connectivity index (χ1v) is 8.20. The highest BCUT2D eigenvalue weighted by molar-refractivity contribution is 4.85. The molecule has 3 nitrogen and oxygen atoms in total. The van der Waals surface area contributed by atoms with Gasteiger partial charge in [-0.1, -0.05) is 39.0 Å². The van der Waals surface area contributed by atoms with Crippen LogP contribution in [-0.4, -0.2) is 49.8 Å². The van der Waals surface area contributed by atoms with Crippen LogP contribution in [0.5, 0.6) is 0 Å². The Labute approximate surface area is 120 Å². The molecule has 1 saturated heterocycles. The predicted octanol–water partition coefficient (Wildman–Crippen LogP) is 3.05. The third-order valence-corrected chi connectivity index (χ3v) is 4.13. The minimum atomic E-state index is 0.256. The van der Waals surface area contributed by atoms with Crippen molar-refractivity contribution in [2.45, 2.75) is 64.8 Å². The van der Waals surface area contributed by atoms with Crippen LogP contribution < -0.4 is 5.32 Å². The van der Waals surface area contributed by atoms with Gasteiger partial charge in [0.2, 0.25) is 0 Å². The van der Waals surface area contributed by atoms with Crippen molar-refractivity contribution in [2.75, 3.05) is 39.4 Å². The zero-order valence-electron chi connectivity index (χ0n) is 13.3. The first-order valence-electron chi connectivity index (χ1n) is 8.20. The van der Waals surface area contributed by atoms with E-state index in [0.717, 1.165) is 32.8 Å². The van der Waals surface area contributed by atoms with Crippen molar-refractivity contribution in [1.82, 2.24) is 10.2 Å². The molecule has 0 aromatic heterocycles. The number of nitrogens with zero attached hydrogens (tertiary/aromatic N) is 1. The van der Waals surface area contributed by atoms with Crippen molar-refractivity contribution >= 4 is 0 Å². The topological polar surface area (TPSA) is 24.5 Å². The van der Waals surface area contributed by atoms with Gasteiger partial charge in [0.05, 0.1) is 13.2 Å². The zero-order valence-corrected chi connectivity index (χ0v) is 13.3. The highest BCUT2D eigenvalue weighted by Crippen LogP contribution is 2.15. The van der Waals surface area contributed by atoms with E-state index < -0.39 is 0 Å². The molecule has 0 aromatic rings. The number of ether oxygens (including phenoxy) is 1. The van der Waals surface area contributed by atoms with Crippen molar-refractivity contribution in [3.8, 4) is 0 Å². The Morgan fingerprint density at radius 2 is 1.63 bits per heavy atom. The van der Waals surface area contributed by atoms with Gasteiger partial charge in [-0.2, -0.15) is 0 Å². The monoisotopic (exact) mass is 270 g/mol. The largest absolute Gasteiger partial charge is 0.379 e. The molecular weight excluding hydrogens is 236 g/mol. The summed E-state index contributed by atoms with van der Waals surface area (Å²) >= 11 is 0. The Kier molecular flexibility index (Phi) is 8.67. The van der Waals surface area contributed by atoms with Gasteiger partial charge in [-0.15, -0.1) is 0 Å². The average Bonchev–Trinajstić information content (AvgIpc) is 2.43. The Hall–Kier alpha value is -0.120. The van der Waals surface area contributed by atoms with E-state index in [0.29, 0.717) is 0 Å². The second-order valence-electron chi connectivity index (χ2n) is 6.36. The van der Waals surface area contributed by atoms with Crippen LogP contribution >= 0.6 is 0 Å². The van der Waals surface area contributed by atoms with E-state index in [1.165, 1.54) is 45.1 Å². The minimum absolute atomic E-state index is 0.256. The summed E-state index contributed by atoms with van der Waals surface area (Å²) < 4.78 is 5.42. The highest BCUT2D eigenvalue weighted by atomic mass is 16.5. The van der Waals surface area contributed by atoms with Crippen molar-refractivity contribution in [2.24, 2.45) is 0 Å². The summed E-state index contributed by atoms with van der Waals surface area (Å²) in [4.78, 5) is 2.55. The molecule has 1 N–H and O–H groups in total. The molecule has 0 spiro atoms. The third-order valence-electron chi connectivity index (χ3n) is 4.13. The molecule has 1 fully saturated rings. The number of morpholine rings is 1. The second kappa shape index (κ2) is 9.73. The van der Waals surface area contributed by atoms with Gasteiger partial charge in [-0.05, 0) is 26.8 Å². The molecule has 1 aliphatic heterocycles. The number of rotatable bonds is 10. The summed E-state index contributed by atoms with van der Waals surface area (Å²) in [6.45, 7) is 13.1. The van der Waals surface area contributed by atoms with Gasteiger partial charge in [0.15, 0.2) is 0 Å². The van der Waals surface area contributed by atoms with Crippen molar-refractivity contribution in [3.63, 3.8) is 0 Å². The maximum absolute atomic E-state index is 5.42. The van der Waals surface area contributed by atoms with Crippen LogP contribution in [0.25, 0.3) is 0 Å². The van der Waals surface area contributed by atoms with Crippen molar-refractivity contribution in [3.05, 3.63) is 0 Å². The fourth-order valence-electron chi connectivity index (χ4n) is 2.71. The quantitative estimate of drug-likeness (QED) is 0.618. The molecule has 1 aliphatic rings. The smallest absolute Gasteiger partial charge is 0.0594 e. The molecule has 3 heteroatoms. The van der Waals surface area contributed by atoms with Gasteiger partial charge in [0.1, 0.15) is 0 Å². The van der Waals surface area contributed by atoms with E-state index in [2.05, 4.69) is 31.0 Å². The molecular formula is C16H34N2O. The normalized spacial score (nSPS) is 17.8. The standard InChI is InChI=1S/C16H34N2O/c1-4-5-6-7-8-9-10-17-15-16(2,3)18-11-13-19-14-12-18/h17H,4-15H2,1-3H3. The number of unbranched alkanes of at least 4 members (excludes halogenated alkanes) is 5. The lowest BCUT2D eigenvalue weighted by atomic mass is 10.0. The lowest BCUT2D eigenvalue weighted by Gasteiger charge is -2.41. The molecule has 114 valence electrons. The van der Waals surface area contributed by atoms with E-state index in [1.54, 1.807) is 0 Å². The number of hydrogen-bond donors (Lipinski definition) is 1. The van der Waals surface area contributed by atoms with Gasteiger partial charge in [0.25, 0.3) is 0 Å². The second-order valence-corrected chi connectivity index (χ2v) is 6.36. The number of hydrogen-bond acceptors (Lipinski definition) is 3. The number of nitrogens with one attached hydrogen (secondary N) is 1. The van der Waals surface area contributed by atoms with E-state index in [-0.39, 0.29) is 5.54 Å². The Balaban J connectivity index is 2.00. The minimum Gasteiger partial charge on any atom is -0.379 e. The van der Waals surface area contributed by atoms with E-state index in [9.17, 15) is 0 Å². The fraction of sp³-hybridized carbons (Fsp3) is 1.00. The molecule has 0 radical (unpaired) electrons. The molecule has 0 aromatic carbocycles. The molecule has 0 aliphatic carbocycles. The van der Waals surface area contributed by atoms with Crippen LogP contribution in [0.4, 0.5) is 0 Å². The SMILES string of the molecule is CCCCCCCCNCC(C)(C)N1CCOCC1. The molecule has 1 rings (SSSR count). The molecule has 0 bridgehead atoms. The summed E-state index contributed by atoms with van der Waals surface area (Å²) in [5.41, 5.74) is 0.256. The first kappa shape index (κ1) is 16.9. The molecule has 0 unspecified atom stereocenters. The van der Waals surface area contributed by atoms with Crippen LogP contribution in [-0.2, 0) is 4.74 Å². The summed E-state index contributed by atoms with van der Waals surface area (Å²) in [5.74, 6) is 0. The Morgan fingerprint density at radius 3 is 2.32 bits per heavy atom. The Morgan fingerprint density at radius 1 is 1.00 bits per heavy atom. The predicted molar refractivity (Wildman–Crippen MR) is 82.7 cm³/mol. The van der Waals surface area contributed by atoms with E-state index in [1.807, 2.05) is 0 Å². The maximum Gasteiger partial charge on any atom is 0.0594 e. The summed E-state index contributed by atoms with van der Waals surface area (Å²) in [6, 6.07) is 0. The summed E-state index contributed by atoms with van der Waals surface area (Å²) in [6.07, 6.45) is 8.26. The molecule has 1 heterocycles. The van der Waals surface area contributed by atoms with E-state index >= 15 is 0 Å². The summed E-state index contributed by atoms with van der Waals surface area (Å²) in [7, 11) is 0. The van der Waals surface area contributed by atoms with Gasteiger partial charge in [-0.3, -0.25) is 4.90 Å². The highest BCUT2D eigenvalue weighted by Gasteiger charge is 2.27. The molecule has 0 saturated carbocycles. The molecule has 0 atom stereocenters. The van der Waals surface area contributed by atoms with Crippen LogP contribution in [0, 0.1) is 0 Å². The van der Waals surface area contributed by atoms with Crippen LogP contribution in [0.3, 0.4) is 0 Å². The Bertz CT molecular complexity index is 213.